The monoisotopic (exact) mass is 593 g/mol. The van der Waals surface area contributed by atoms with Crippen LogP contribution in [0.5, 0.6) is 0 Å². The molecular weight excluding hydrogens is 548 g/mol. The zero-order valence-electron chi connectivity index (χ0n) is 25.5. The van der Waals surface area contributed by atoms with Gasteiger partial charge < -0.3 is 21.1 Å². The number of carbonyl (C=O) groups is 2. The lowest BCUT2D eigenvalue weighted by Gasteiger charge is -2.34. The Morgan fingerprint density at radius 3 is 2.44 bits per heavy atom. The van der Waals surface area contributed by atoms with Crippen molar-refractivity contribution in [3.63, 3.8) is 0 Å². The molecule has 2 aromatic rings. The first-order valence-electron chi connectivity index (χ1n) is 15.5. The van der Waals surface area contributed by atoms with E-state index >= 15 is 0 Å². The van der Waals surface area contributed by atoms with Crippen LogP contribution in [-0.4, -0.2) is 42.2 Å². The largest absolute Gasteiger partial charge is 0.390 e. The topological polar surface area (TPSA) is 90.5 Å². The fourth-order valence-electron chi connectivity index (χ4n) is 5.95. The molecule has 8 heteroatoms. The molecule has 1 saturated carbocycles. The van der Waals surface area contributed by atoms with Gasteiger partial charge in [-0.15, -0.1) is 0 Å². The predicted molar refractivity (Wildman–Crippen MR) is 165 cm³/mol. The van der Waals surface area contributed by atoms with E-state index in [4.69, 9.17) is 0 Å². The molecule has 0 spiro atoms. The van der Waals surface area contributed by atoms with Gasteiger partial charge in [-0.3, -0.25) is 9.59 Å². The van der Waals surface area contributed by atoms with Gasteiger partial charge in [0.2, 0.25) is 11.8 Å². The van der Waals surface area contributed by atoms with E-state index in [0.29, 0.717) is 36.6 Å². The van der Waals surface area contributed by atoms with E-state index < -0.39 is 35.1 Å². The number of aliphatic hydroxyl groups excluding tert-OH is 1. The summed E-state index contributed by atoms with van der Waals surface area (Å²) >= 11 is 0. The normalized spacial score (nSPS) is 19.7. The third-order valence-corrected chi connectivity index (χ3v) is 8.28. The second-order valence-corrected chi connectivity index (χ2v) is 12.2. The number of nitrogens with one attached hydrogen (secondary N) is 3. The number of carbonyl (C=O) groups excluding carboxylic acids is 2. The van der Waals surface area contributed by atoms with Gasteiger partial charge in [-0.05, 0) is 73.8 Å². The Hall–Kier alpha value is -3.36. The number of hydrogen-bond donors (Lipinski definition) is 4. The van der Waals surface area contributed by atoms with Crippen LogP contribution in [0, 0.1) is 23.0 Å². The fraction of sp³-hybridized carbons (Fsp3) is 0.486. The number of halogens is 2. The Labute approximate surface area is 254 Å². The molecule has 4 N–H and O–H groups in total. The van der Waals surface area contributed by atoms with Crippen LogP contribution in [0.3, 0.4) is 0 Å². The highest BCUT2D eigenvalue weighted by Crippen LogP contribution is 2.46. The number of hydrogen-bond acceptors (Lipinski definition) is 4. The molecule has 232 valence electrons. The highest BCUT2D eigenvalue weighted by molar-refractivity contribution is 5.97. The molecule has 1 unspecified atom stereocenters. The lowest BCUT2D eigenvalue weighted by atomic mass is 9.71. The molecule has 2 aromatic carbocycles. The molecule has 4 rings (SSSR count). The standard InChI is InChI=1S/C35H45F2N3O3/c1-4-11-39-34(43)35(19-25-9-10-25)18-23(3)12-28(20-35)33(42)40-31(16-27-14-29(36)17-30(37)15-27)32(41)22-38-21-26-8-6-7-24(5-2)13-26/h6-8,12-15,17-18,25,31-32,38,41H,4-5,9-11,16,19-22H2,1-3H3,(H,39,43)(H,40,42)/t31-,32+,35?/m0/s1. The third kappa shape index (κ3) is 9.31. The molecule has 3 atom stereocenters. The summed E-state index contributed by atoms with van der Waals surface area (Å²) in [5, 5.41) is 20.5. The highest BCUT2D eigenvalue weighted by atomic mass is 19.1. The maximum atomic E-state index is 14.0. The van der Waals surface area contributed by atoms with Gasteiger partial charge in [0.05, 0.1) is 17.6 Å². The van der Waals surface area contributed by atoms with E-state index in [2.05, 4.69) is 35.0 Å². The summed E-state index contributed by atoms with van der Waals surface area (Å²) in [6.07, 6.45) is 7.59. The van der Waals surface area contributed by atoms with Crippen LogP contribution in [0.2, 0.25) is 0 Å². The molecular formula is C35H45F2N3O3. The van der Waals surface area contributed by atoms with Gasteiger partial charge in [-0.2, -0.15) is 0 Å². The maximum absolute atomic E-state index is 14.0. The van der Waals surface area contributed by atoms with Crippen molar-refractivity contribution in [1.82, 2.24) is 16.0 Å². The quantitative estimate of drug-likeness (QED) is 0.226. The number of aliphatic hydroxyl groups is 1. The Balaban J connectivity index is 1.50. The van der Waals surface area contributed by atoms with Crippen molar-refractivity contribution in [3.8, 4) is 0 Å². The summed E-state index contributed by atoms with van der Waals surface area (Å²) in [6.45, 7) is 7.22. The van der Waals surface area contributed by atoms with Crippen LogP contribution < -0.4 is 16.0 Å². The summed E-state index contributed by atoms with van der Waals surface area (Å²) in [5.74, 6) is -1.44. The van der Waals surface area contributed by atoms with Crippen LogP contribution in [0.4, 0.5) is 8.78 Å². The third-order valence-electron chi connectivity index (χ3n) is 8.28. The van der Waals surface area contributed by atoms with E-state index in [-0.39, 0.29) is 25.3 Å². The Kier molecular flexibility index (Phi) is 11.3. The van der Waals surface area contributed by atoms with Gasteiger partial charge in [-0.1, -0.05) is 68.7 Å². The van der Waals surface area contributed by atoms with Crippen molar-refractivity contribution < 1.29 is 23.5 Å². The van der Waals surface area contributed by atoms with Gasteiger partial charge in [0.25, 0.3) is 0 Å². The van der Waals surface area contributed by atoms with Gasteiger partial charge in [0.1, 0.15) is 11.6 Å². The van der Waals surface area contributed by atoms with Crippen molar-refractivity contribution in [3.05, 3.63) is 94.1 Å². The first-order chi connectivity index (χ1) is 20.6. The van der Waals surface area contributed by atoms with E-state index in [1.807, 2.05) is 32.1 Å². The molecule has 0 saturated heterocycles. The molecule has 0 radical (unpaired) electrons. The van der Waals surface area contributed by atoms with E-state index in [9.17, 15) is 23.5 Å². The van der Waals surface area contributed by atoms with Crippen molar-refractivity contribution >= 4 is 11.8 Å². The van der Waals surface area contributed by atoms with Crippen molar-refractivity contribution in [2.24, 2.45) is 11.3 Å². The average Bonchev–Trinajstić information content (AvgIpc) is 3.78. The van der Waals surface area contributed by atoms with Crippen LogP contribution in [0.15, 0.2) is 65.8 Å². The second kappa shape index (κ2) is 14.9. The number of aryl methyl sites for hydroxylation is 1. The molecule has 0 aliphatic heterocycles. The van der Waals surface area contributed by atoms with Crippen LogP contribution >= 0.6 is 0 Å². The fourth-order valence-corrected chi connectivity index (χ4v) is 5.95. The summed E-state index contributed by atoms with van der Waals surface area (Å²) in [6, 6.07) is 10.5. The van der Waals surface area contributed by atoms with Gasteiger partial charge in [0, 0.05) is 31.3 Å². The molecule has 2 aliphatic carbocycles. The summed E-state index contributed by atoms with van der Waals surface area (Å²) in [7, 11) is 0. The van der Waals surface area contributed by atoms with Crippen molar-refractivity contribution in [1.29, 1.82) is 0 Å². The number of rotatable bonds is 15. The lowest BCUT2D eigenvalue weighted by molar-refractivity contribution is -0.129. The molecule has 2 amide bonds. The summed E-state index contributed by atoms with van der Waals surface area (Å²) < 4.78 is 28.1. The molecule has 1 fully saturated rings. The van der Waals surface area contributed by atoms with Crippen LogP contribution in [0.1, 0.15) is 69.6 Å². The Morgan fingerprint density at radius 2 is 1.77 bits per heavy atom. The van der Waals surface area contributed by atoms with E-state index in [1.54, 1.807) is 6.08 Å². The minimum atomic E-state index is -1.05. The SMILES string of the molecule is CCCNC(=O)C1(CC2CC2)C=C(C)C=C(C(=O)N[C@@H](Cc2cc(F)cc(F)c2)[C@H](O)CNCc2cccc(CC)c2)C1. The Bertz CT molecular complexity index is 1330. The number of amides is 2. The summed E-state index contributed by atoms with van der Waals surface area (Å²) in [4.78, 5) is 27.2. The van der Waals surface area contributed by atoms with E-state index in [0.717, 1.165) is 42.9 Å². The average molecular weight is 594 g/mol. The molecule has 43 heavy (non-hydrogen) atoms. The van der Waals surface area contributed by atoms with Gasteiger partial charge >= 0.3 is 0 Å². The smallest absolute Gasteiger partial charge is 0.247 e. The summed E-state index contributed by atoms with van der Waals surface area (Å²) in [5.41, 5.74) is 3.10. The number of benzene rings is 2. The van der Waals surface area contributed by atoms with Crippen LogP contribution in [-0.2, 0) is 29.0 Å². The van der Waals surface area contributed by atoms with Crippen molar-refractivity contribution in [2.45, 2.75) is 84.4 Å². The van der Waals surface area contributed by atoms with Gasteiger partial charge in [-0.25, -0.2) is 8.78 Å². The highest BCUT2D eigenvalue weighted by Gasteiger charge is 2.44. The minimum Gasteiger partial charge on any atom is -0.390 e. The lowest BCUT2D eigenvalue weighted by Crippen LogP contribution is -2.50. The molecule has 6 nitrogen and oxygen atoms in total. The minimum absolute atomic E-state index is 0.0287. The predicted octanol–water partition coefficient (Wildman–Crippen LogP) is 5.29. The molecule has 0 bridgehead atoms. The number of allylic oxidation sites excluding steroid dienone is 2. The first-order valence-corrected chi connectivity index (χ1v) is 15.5. The second-order valence-electron chi connectivity index (χ2n) is 12.2. The zero-order chi connectivity index (χ0) is 31.0. The Morgan fingerprint density at radius 1 is 1.05 bits per heavy atom. The first kappa shape index (κ1) is 32.6. The van der Waals surface area contributed by atoms with Crippen molar-refractivity contribution in [2.75, 3.05) is 13.1 Å². The molecule has 0 aromatic heterocycles. The molecule has 0 heterocycles. The van der Waals surface area contributed by atoms with Crippen LogP contribution in [0.25, 0.3) is 0 Å². The maximum Gasteiger partial charge on any atom is 0.247 e. The van der Waals surface area contributed by atoms with Gasteiger partial charge in [0.15, 0.2) is 0 Å². The van der Waals surface area contributed by atoms with E-state index in [1.165, 1.54) is 17.7 Å². The zero-order valence-corrected chi connectivity index (χ0v) is 25.5. The molecule has 2 aliphatic rings.